The highest BCUT2D eigenvalue weighted by molar-refractivity contribution is 7.17. The minimum Gasteiger partial charge on any atom is -0.306 e. The summed E-state index contributed by atoms with van der Waals surface area (Å²) in [6.45, 7) is 0. The van der Waals surface area contributed by atoms with Gasteiger partial charge in [0, 0.05) is 33.4 Å². The van der Waals surface area contributed by atoms with Gasteiger partial charge in [0.2, 0.25) is 0 Å². The third-order valence-electron chi connectivity index (χ3n) is 5.08. The third kappa shape index (κ3) is 2.27. The fraction of sp³-hybridized carbons (Fsp3) is 0. The lowest BCUT2D eigenvalue weighted by Crippen LogP contribution is -1.97. The zero-order chi connectivity index (χ0) is 18.5. The molecule has 0 spiro atoms. The smallest absolute Gasteiger partial charge is 0.159 e. The molecule has 0 aliphatic rings. The van der Waals surface area contributed by atoms with Gasteiger partial charge in [-0.1, -0.05) is 18.2 Å². The average molecular weight is 378 g/mol. The number of pyridine rings is 1. The van der Waals surface area contributed by atoms with Crippen LogP contribution in [-0.2, 0) is 0 Å². The molecule has 0 aliphatic carbocycles. The van der Waals surface area contributed by atoms with E-state index in [1.807, 2.05) is 24.5 Å². The molecule has 0 atom stereocenters. The molecule has 4 nitrogen and oxygen atoms in total. The number of rotatable bonds is 2. The van der Waals surface area contributed by atoms with Gasteiger partial charge in [0.25, 0.3) is 0 Å². The van der Waals surface area contributed by atoms with E-state index in [4.69, 9.17) is 0 Å². The minimum absolute atomic E-state index is 0.701. The van der Waals surface area contributed by atoms with E-state index < -0.39 is 0 Å². The van der Waals surface area contributed by atoms with E-state index in [1.165, 1.54) is 26.4 Å². The zero-order valence-electron chi connectivity index (χ0n) is 14.8. The predicted octanol–water partition coefficient (Wildman–Crippen LogP) is 5.85. The first-order valence-electron chi connectivity index (χ1n) is 9.02. The summed E-state index contributed by atoms with van der Waals surface area (Å²) in [5.41, 5.74) is 4.25. The average Bonchev–Trinajstić information content (AvgIpc) is 3.35. The van der Waals surface area contributed by atoms with Crippen molar-refractivity contribution in [3.8, 4) is 17.1 Å². The SMILES string of the molecule is c1ccc2c(c1)c1cc3sccc3cc1n2-c1cnc(-c2ccncc2)nc1. The van der Waals surface area contributed by atoms with E-state index in [0.717, 1.165) is 16.8 Å². The number of nitrogens with zero attached hydrogens (tertiary/aromatic N) is 4. The van der Waals surface area contributed by atoms with Gasteiger partial charge in [0.1, 0.15) is 0 Å². The summed E-state index contributed by atoms with van der Waals surface area (Å²) in [6, 6.07) is 19.1. The van der Waals surface area contributed by atoms with Crippen LogP contribution in [0.15, 0.2) is 84.8 Å². The molecule has 132 valence electrons. The number of thiophene rings is 1. The van der Waals surface area contributed by atoms with Crippen molar-refractivity contribution in [2.75, 3.05) is 0 Å². The minimum atomic E-state index is 0.701. The first-order chi connectivity index (χ1) is 13.9. The Labute approximate surface area is 164 Å². The molecule has 4 aromatic heterocycles. The highest BCUT2D eigenvalue weighted by atomic mass is 32.1. The molecule has 0 radical (unpaired) electrons. The zero-order valence-corrected chi connectivity index (χ0v) is 15.6. The molecule has 0 saturated carbocycles. The van der Waals surface area contributed by atoms with Gasteiger partial charge in [-0.05, 0) is 47.2 Å². The molecule has 0 unspecified atom stereocenters. The summed E-state index contributed by atoms with van der Waals surface area (Å²) >= 11 is 1.78. The summed E-state index contributed by atoms with van der Waals surface area (Å²) in [5, 5.41) is 5.90. The third-order valence-corrected chi connectivity index (χ3v) is 5.96. The maximum atomic E-state index is 4.61. The van der Waals surface area contributed by atoms with Gasteiger partial charge in [0.15, 0.2) is 5.82 Å². The van der Waals surface area contributed by atoms with Gasteiger partial charge in [0.05, 0.1) is 29.1 Å². The lowest BCUT2D eigenvalue weighted by molar-refractivity contribution is 1.08. The van der Waals surface area contributed by atoms with Crippen LogP contribution in [0.25, 0.3) is 49.0 Å². The summed E-state index contributed by atoms with van der Waals surface area (Å²) in [4.78, 5) is 13.3. The molecule has 0 N–H and O–H groups in total. The van der Waals surface area contributed by atoms with Crippen molar-refractivity contribution in [2.24, 2.45) is 0 Å². The largest absolute Gasteiger partial charge is 0.306 e. The second-order valence-corrected chi connectivity index (χ2v) is 7.63. The summed E-state index contributed by atoms with van der Waals surface area (Å²) < 4.78 is 3.55. The molecule has 5 heteroatoms. The second-order valence-electron chi connectivity index (χ2n) is 6.68. The molecule has 4 heterocycles. The maximum absolute atomic E-state index is 4.61. The Morgan fingerprint density at radius 3 is 2.46 bits per heavy atom. The van der Waals surface area contributed by atoms with Gasteiger partial charge >= 0.3 is 0 Å². The first kappa shape index (κ1) is 15.5. The van der Waals surface area contributed by atoms with Gasteiger partial charge in [-0.25, -0.2) is 9.97 Å². The quantitative estimate of drug-likeness (QED) is 0.379. The Balaban J connectivity index is 1.62. The Morgan fingerprint density at radius 2 is 1.61 bits per heavy atom. The summed E-state index contributed by atoms with van der Waals surface area (Å²) in [6.07, 6.45) is 7.30. The van der Waals surface area contributed by atoms with E-state index in [-0.39, 0.29) is 0 Å². The van der Waals surface area contributed by atoms with Crippen molar-refractivity contribution in [2.45, 2.75) is 0 Å². The summed E-state index contributed by atoms with van der Waals surface area (Å²) in [5.74, 6) is 0.701. The molecule has 28 heavy (non-hydrogen) atoms. The second kappa shape index (κ2) is 5.97. The highest BCUT2D eigenvalue weighted by Gasteiger charge is 2.14. The van der Waals surface area contributed by atoms with Gasteiger partial charge in [-0.2, -0.15) is 0 Å². The normalized spacial score (nSPS) is 11.6. The van der Waals surface area contributed by atoms with Crippen molar-refractivity contribution in [1.29, 1.82) is 0 Å². The first-order valence-corrected chi connectivity index (χ1v) is 9.90. The molecule has 0 saturated heterocycles. The topological polar surface area (TPSA) is 43.6 Å². The van der Waals surface area contributed by atoms with Gasteiger partial charge in [-0.3, -0.25) is 4.98 Å². The molecule has 0 fully saturated rings. The highest BCUT2D eigenvalue weighted by Crippen LogP contribution is 2.35. The van der Waals surface area contributed by atoms with Crippen LogP contribution in [0.3, 0.4) is 0 Å². The van der Waals surface area contributed by atoms with Crippen LogP contribution in [0, 0.1) is 0 Å². The lowest BCUT2D eigenvalue weighted by atomic mass is 10.1. The van der Waals surface area contributed by atoms with E-state index in [1.54, 1.807) is 23.7 Å². The number of aromatic nitrogens is 4. The summed E-state index contributed by atoms with van der Waals surface area (Å²) in [7, 11) is 0. The van der Waals surface area contributed by atoms with Crippen molar-refractivity contribution < 1.29 is 0 Å². The molecule has 0 aliphatic heterocycles. The Kier molecular flexibility index (Phi) is 3.30. The molecule has 6 rings (SSSR count). The van der Waals surface area contributed by atoms with E-state index in [2.05, 4.69) is 67.4 Å². The molecule has 0 bridgehead atoms. The lowest BCUT2D eigenvalue weighted by Gasteiger charge is -2.08. The van der Waals surface area contributed by atoms with E-state index in [0.29, 0.717) is 5.82 Å². The van der Waals surface area contributed by atoms with Crippen LogP contribution in [0.4, 0.5) is 0 Å². The van der Waals surface area contributed by atoms with Crippen LogP contribution >= 0.6 is 11.3 Å². The van der Waals surface area contributed by atoms with Crippen molar-refractivity contribution >= 4 is 43.2 Å². The number of fused-ring (bicyclic) bond motifs is 4. The van der Waals surface area contributed by atoms with E-state index in [9.17, 15) is 0 Å². The molecule has 2 aromatic carbocycles. The Hall–Kier alpha value is -3.57. The standard InChI is InChI=1S/C23H14N4S/c1-2-4-20-18(3-1)19-12-22-16(7-10-28-22)11-21(19)27(20)17-13-25-23(26-14-17)15-5-8-24-9-6-15/h1-14H. The van der Waals surface area contributed by atoms with Gasteiger partial charge < -0.3 is 4.57 Å². The van der Waals surface area contributed by atoms with Crippen LogP contribution in [-0.4, -0.2) is 19.5 Å². The molecule has 0 amide bonds. The Morgan fingerprint density at radius 1 is 0.786 bits per heavy atom. The van der Waals surface area contributed by atoms with Gasteiger partial charge in [-0.15, -0.1) is 11.3 Å². The maximum Gasteiger partial charge on any atom is 0.159 e. The van der Waals surface area contributed by atoms with Crippen LogP contribution in [0.5, 0.6) is 0 Å². The monoisotopic (exact) mass is 378 g/mol. The number of hydrogen-bond acceptors (Lipinski definition) is 4. The number of para-hydroxylation sites is 1. The van der Waals surface area contributed by atoms with E-state index >= 15 is 0 Å². The number of benzene rings is 2. The van der Waals surface area contributed by atoms with Crippen molar-refractivity contribution in [3.05, 3.63) is 84.8 Å². The molecular weight excluding hydrogens is 364 g/mol. The van der Waals surface area contributed by atoms with Crippen LogP contribution in [0.2, 0.25) is 0 Å². The fourth-order valence-corrected chi connectivity index (χ4v) is 4.60. The van der Waals surface area contributed by atoms with Crippen molar-refractivity contribution in [3.63, 3.8) is 0 Å². The predicted molar refractivity (Wildman–Crippen MR) is 115 cm³/mol. The molecular formula is C23H14N4S. The Bertz CT molecular complexity index is 1450. The molecule has 6 aromatic rings. The van der Waals surface area contributed by atoms with Crippen molar-refractivity contribution in [1.82, 2.24) is 19.5 Å². The fourth-order valence-electron chi connectivity index (χ4n) is 3.79. The van der Waals surface area contributed by atoms with Crippen LogP contribution < -0.4 is 0 Å². The van der Waals surface area contributed by atoms with Crippen LogP contribution in [0.1, 0.15) is 0 Å². The number of hydrogen-bond donors (Lipinski definition) is 0.